The number of ketones is 1. The monoisotopic (exact) mass is 545 g/mol. The van der Waals surface area contributed by atoms with Gasteiger partial charge < -0.3 is 29.0 Å². The molecule has 0 radical (unpaired) electrons. The van der Waals surface area contributed by atoms with Crippen LogP contribution in [0.4, 0.5) is 0 Å². The number of carbonyl (C=O) groups excluding carboxylic acids is 2. The highest BCUT2D eigenvalue weighted by Gasteiger charge is 2.46. The van der Waals surface area contributed by atoms with E-state index in [1.165, 1.54) is 12.0 Å². The van der Waals surface area contributed by atoms with Crippen LogP contribution in [-0.2, 0) is 16.2 Å². The smallest absolute Gasteiger partial charge is 0.295 e. The first kappa shape index (κ1) is 28.5. The minimum Gasteiger partial charge on any atom is -0.507 e. The van der Waals surface area contributed by atoms with Crippen LogP contribution in [0.2, 0.25) is 0 Å². The molecule has 1 aliphatic rings. The second-order valence-corrected chi connectivity index (χ2v) is 9.20. The van der Waals surface area contributed by atoms with Crippen molar-refractivity contribution in [3.63, 3.8) is 0 Å². The summed E-state index contributed by atoms with van der Waals surface area (Å²) in [6.07, 6.45) is 0.631. The number of hydrogen-bond acceptors (Lipinski definition) is 7. The molecule has 1 amide bonds. The average Bonchev–Trinajstić information content (AvgIpc) is 3.22. The lowest BCUT2D eigenvalue weighted by Gasteiger charge is -2.26. The number of likely N-dealkylation sites (tertiary alicyclic amines) is 1. The quantitative estimate of drug-likeness (QED) is 0.172. The Balaban J connectivity index is 1.79. The number of Topliss-reactive ketones (excluding diaryl/α,β-unsaturated/α-hetero) is 1. The lowest BCUT2D eigenvalue weighted by Crippen LogP contribution is -2.30. The zero-order chi connectivity index (χ0) is 28.6. The van der Waals surface area contributed by atoms with Crippen molar-refractivity contribution in [2.24, 2.45) is 0 Å². The van der Waals surface area contributed by atoms with Gasteiger partial charge in [-0.2, -0.15) is 0 Å². The fraction of sp³-hybridized carbons (Fsp3) is 0.312. The van der Waals surface area contributed by atoms with E-state index in [-0.39, 0.29) is 11.3 Å². The van der Waals surface area contributed by atoms with Crippen molar-refractivity contribution in [1.29, 1.82) is 0 Å². The van der Waals surface area contributed by atoms with E-state index in [4.69, 9.17) is 18.9 Å². The third-order valence-electron chi connectivity index (χ3n) is 6.56. The van der Waals surface area contributed by atoms with E-state index in [0.29, 0.717) is 66.9 Å². The molecule has 1 N–H and O–H groups in total. The molecule has 8 nitrogen and oxygen atoms in total. The van der Waals surface area contributed by atoms with Crippen LogP contribution in [0.1, 0.15) is 49.9 Å². The molecule has 1 fully saturated rings. The molecule has 0 bridgehead atoms. The average molecular weight is 546 g/mol. The van der Waals surface area contributed by atoms with E-state index in [1.54, 1.807) is 36.4 Å². The number of rotatable bonds is 12. The third kappa shape index (κ3) is 5.91. The lowest BCUT2D eigenvalue weighted by atomic mass is 9.94. The van der Waals surface area contributed by atoms with Crippen molar-refractivity contribution >= 4 is 17.4 Å². The molecule has 210 valence electrons. The van der Waals surface area contributed by atoms with Crippen LogP contribution in [0.5, 0.6) is 23.0 Å². The minimum absolute atomic E-state index is 0.0106. The summed E-state index contributed by atoms with van der Waals surface area (Å²) in [5, 5.41) is 11.5. The Labute approximate surface area is 234 Å². The zero-order valence-electron chi connectivity index (χ0n) is 23.3. The van der Waals surface area contributed by atoms with Gasteiger partial charge in [0.05, 0.1) is 37.5 Å². The molecule has 4 rings (SSSR count). The van der Waals surface area contributed by atoms with Gasteiger partial charge in [0.1, 0.15) is 23.9 Å². The molecule has 1 atom stereocenters. The Bertz CT molecular complexity index is 1380. The maximum atomic E-state index is 13.4. The highest BCUT2D eigenvalue weighted by atomic mass is 16.5. The number of aliphatic hydroxyl groups is 1. The molecule has 0 aliphatic carbocycles. The molecular formula is C32H35NO7. The molecule has 3 aromatic carbocycles. The molecule has 8 heteroatoms. The molecule has 0 spiro atoms. The lowest BCUT2D eigenvalue weighted by molar-refractivity contribution is -0.139. The third-order valence-corrected chi connectivity index (χ3v) is 6.56. The first-order chi connectivity index (χ1) is 19.4. The van der Waals surface area contributed by atoms with Crippen LogP contribution < -0.4 is 18.9 Å². The summed E-state index contributed by atoms with van der Waals surface area (Å²) in [6, 6.07) is 19.2. The van der Waals surface area contributed by atoms with Gasteiger partial charge in [0.15, 0.2) is 11.5 Å². The number of aliphatic hydroxyl groups excluding tert-OH is 1. The second kappa shape index (κ2) is 13.1. The van der Waals surface area contributed by atoms with Gasteiger partial charge in [-0.05, 0) is 55.7 Å². The van der Waals surface area contributed by atoms with Crippen molar-refractivity contribution in [3.05, 3.63) is 89.0 Å². The van der Waals surface area contributed by atoms with Crippen LogP contribution >= 0.6 is 0 Å². The SMILES string of the molecule is CCCN1C(=O)C(=O)/C(=C(/O)c2ccc(OCC)cc2OCC)C1c1ccc(OCc2ccccc2)c(OC)c1. The molecule has 1 saturated heterocycles. The second-order valence-electron chi connectivity index (χ2n) is 9.20. The summed E-state index contributed by atoms with van der Waals surface area (Å²) < 4.78 is 23.0. The van der Waals surface area contributed by atoms with Crippen molar-refractivity contribution in [2.45, 2.75) is 39.8 Å². The standard InChI is InChI=1S/C32H35NO7/c1-5-17-33-29(22-13-16-25(27(18-22)37-4)40-20-21-11-9-8-10-12-21)28(31(35)32(33)36)30(34)24-15-14-23(38-6-2)19-26(24)39-7-3/h8-16,18-19,29,34H,5-7,17,20H2,1-4H3/b30-28+. The first-order valence-corrected chi connectivity index (χ1v) is 13.5. The maximum Gasteiger partial charge on any atom is 0.295 e. The fourth-order valence-corrected chi connectivity index (χ4v) is 4.78. The van der Waals surface area contributed by atoms with Crippen LogP contribution in [0.25, 0.3) is 5.76 Å². The predicted molar refractivity (Wildman–Crippen MR) is 152 cm³/mol. The van der Waals surface area contributed by atoms with Gasteiger partial charge in [0, 0.05) is 12.6 Å². The Morgan fingerprint density at radius 1 is 0.850 bits per heavy atom. The summed E-state index contributed by atoms with van der Waals surface area (Å²) in [5.74, 6) is 0.169. The van der Waals surface area contributed by atoms with Crippen LogP contribution in [0, 0.1) is 0 Å². The van der Waals surface area contributed by atoms with Gasteiger partial charge in [-0.1, -0.05) is 43.3 Å². The fourth-order valence-electron chi connectivity index (χ4n) is 4.78. The Morgan fingerprint density at radius 3 is 2.27 bits per heavy atom. The summed E-state index contributed by atoms with van der Waals surface area (Å²) in [5.41, 5.74) is 1.91. The Morgan fingerprint density at radius 2 is 1.60 bits per heavy atom. The van der Waals surface area contributed by atoms with Crippen molar-refractivity contribution in [1.82, 2.24) is 4.90 Å². The minimum atomic E-state index is -0.821. The van der Waals surface area contributed by atoms with E-state index in [2.05, 4.69) is 0 Å². The molecule has 1 unspecified atom stereocenters. The maximum absolute atomic E-state index is 13.4. The molecule has 0 saturated carbocycles. The van der Waals surface area contributed by atoms with Gasteiger partial charge in [0.25, 0.3) is 11.7 Å². The van der Waals surface area contributed by atoms with Gasteiger partial charge in [-0.15, -0.1) is 0 Å². The highest BCUT2D eigenvalue weighted by Crippen LogP contribution is 2.43. The summed E-state index contributed by atoms with van der Waals surface area (Å²) in [4.78, 5) is 28.0. The van der Waals surface area contributed by atoms with Crippen LogP contribution in [0.15, 0.2) is 72.3 Å². The molecule has 3 aromatic rings. The van der Waals surface area contributed by atoms with E-state index in [1.807, 2.05) is 51.1 Å². The predicted octanol–water partition coefficient (Wildman–Crippen LogP) is 5.90. The van der Waals surface area contributed by atoms with Gasteiger partial charge in [-0.3, -0.25) is 9.59 Å². The zero-order valence-corrected chi connectivity index (χ0v) is 23.3. The molecule has 1 aliphatic heterocycles. The van der Waals surface area contributed by atoms with Gasteiger partial charge in [-0.25, -0.2) is 0 Å². The Hall–Kier alpha value is -4.46. The van der Waals surface area contributed by atoms with Crippen molar-refractivity contribution in [3.8, 4) is 23.0 Å². The number of nitrogens with zero attached hydrogens (tertiary/aromatic N) is 1. The first-order valence-electron chi connectivity index (χ1n) is 13.5. The van der Waals surface area contributed by atoms with E-state index < -0.39 is 17.7 Å². The molecule has 1 heterocycles. The number of ether oxygens (including phenoxy) is 4. The number of amides is 1. The molecule has 40 heavy (non-hydrogen) atoms. The highest BCUT2D eigenvalue weighted by molar-refractivity contribution is 6.46. The summed E-state index contributed by atoms with van der Waals surface area (Å²) >= 11 is 0. The summed E-state index contributed by atoms with van der Waals surface area (Å²) in [6.45, 7) is 7.11. The summed E-state index contributed by atoms with van der Waals surface area (Å²) in [7, 11) is 1.53. The van der Waals surface area contributed by atoms with Crippen LogP contribution in [-0.4, -0.2) is 48.6 Å². The van der Waals surface area contributed by atoms with E-state index >= 15 is 0 Å². The number of hydrogen-bond donors (Lipinski definition) is 1. The number of carbonyl (C=O) groups is 2. The normalized spacial score (nSPS) is 16.2. The Kier molecular flexibility index (Phi) is 9.32. The number of benzene rings is 3. The van der Waals surface area contributed by atoms with E-state index in [0.717, 1.165) is 5.56 Å². The van der Waals surface area contributed by atoms with Crippen molar-refractivity contribution < 1.29 is 33.6 Å². The largest absolute Gasteiger partial charge is 0.507 e. The van der Waals surface area contributed by atoms with Gasteiger partial charge in [0.2, 0.25) is 0 Å². The molecular weight excluding hydrogens is 510 g/mol. The number of methoxy groups -OCH3 is 1. The van der Waals surface area contributed by atoms with Gasteiger partial charge >= 0.3 is 0 Å². The van der Waals surface area contributed by atoms with Crippen molar-refractivity contribution in [2.75, 3.05) is 26.9 Å². The van der Waals surface area contributed by atoms with Crippen LogP contribution in [0.3, 0.4) is 0 Å². The topological polar surface area (TPSA) is 94.5 Å². The van der Waals surface area contributed by atoms with E-state index in [9.17, 15) is 14.7 Å². The molecule has 0 aromatic heterocycles.